The number of likely N-dealkylation sites (tertiary alicyclic amines) is 1. The molecule has 21 heavy (non-hydrogen) atoms. The molecule has 1 N–H and O–H groups in total. The number of hydrogen-bond donors (Lipinski definition) is 1. The molecule has 4 nitrogen and oxygen atoms in total. The van der Waals surface area contributed by atoms with Crippen molar-refractivity contribution < 1.29 is 9.90 Å². The van der Waals surface area contributed by atoms with Crippen molar-refractivity contribution in [2.75, 3.05) is 6.54 Å². The van der Waals surface area contributed by atoms with Crippen molar-refractivity contribution in [2.24, 2.45) is 0 Å². The van der Waals surface area contributed by atoms with Gasteiger partial charge in [0, 0.05) is 35.0 Å². The molecule has 1 fully saturated rings. The van der Waals surface area contributed by atoms with Gasteiger partial charge in [0.05, 0.1) is 5.02 Å². The van der Waals surface area contributed by atoms with Gasteiger partial charge in [0.25, 0.3) is 0 Å². The first-order valence-corrected chi connectivity index (χ1v) is 8.31. The van der Waals surface area contributed by atoms with E-state index in [1.165, 1.54) is 4.88 Å². The predicted octanol–water partition coefficient (Wildman–Crippen LogP) is 4.59. The van der Waals surface area contributed by atoms with E-state index in [0.29, 0.717) is 11.6 Å². The summed E-state index contributed by atoms with van der Waals surface area (Å²) < 4.78 is 0. The molecule has 112 valence electrons. The van der Waals surface area contributed by atoms with E-state index < -0.39 is 6.09 Å². The third kappa shape index (κ3) is 2.72. The number of amides is 1. The summed E-state index contributed by atoms with van der Waals surface area (Å²) in [5.74, 6) is 0.221. The molecule has 1 saturated heterocycles. The van der Waals surface area contributed by atoms with Crippen molar-refractivity contribution in [1.82, 2.24) is 9.88 Å². The molecule has 1 aliphatic rings. The van der Waals surface area contributed by atoms with Crippen LogP contribution in [0.25, 0.3) is 10.2 Å². The fourth-order valence-corrected chi connectivity index (χ4v) is 4.58. The molecule has 6 heteroatoms. The summed E-state index contributed by atoms with van der Waals surface area (Å²) in [7, 11) is 0. The molecule has 1 amide bonds. The van der Waals surface area contributed by atoms with E-state index in [1.54, 1.807) is 28.5 Å². The number of fused-ring (bicyclic) bond motifs is 1. The number of halogens is 1. The Morgan fingerprint density at radius 1 is 1.52 bits per heavy atom. The SMILES string of the molecule is CC1C(c2cc3c(Cl)ccnc3s2)CCCCN1C(=O)O. The Balaban J connectivity index is 1.99. The molecule has 0 bridgehead atoms. The lowest BCUT2D eigenvalue weighted by atomic mass is 9.94. The summed E-state index contributed by atoms with van der Waals surface area (Å²) in [5, 5.41) is 11.1. The molecule has 2 atom stereocenters. The molecule has 0 saturated carbocycles. The Morgan fingerprint density at radius 2 is 2.33 bits per heavy atom. The number of hydrogen-bond acceptors (Lipinski definition) is 3. The minimum Gasteiger partial charge on any atom is -0.465 e. The van der Waals surface area contributed by atoms with Gasteiger partial charge in [0.2, 0.25) is 0 Å². The number of carboxylic acid groups (broad SMARTS) is 1. The van der Waals surface area contributed by atoms with Crippen LogP contribution in [0.5, 0.6) is 0 Å². The van der Waals surface area contributed by atoms with E-state index in [9.17, 15) is 9.90 Å². The van der Waals surface area contributed by atoms with Crippen molar-refractivity contribution in [3.05, 3.63) is 28.2 Å². The molecule has 2 aromatic heterocycles. The second kappa shape index (κ2) is 5.81. The van der Waals surface area contributed by atoms with Gasteiger partial charge in [-0.05, 0) is 31.9 Å². The van der Waals surface area contributed by atoms with Crippen molar-refractivity contribution in [3.63, 3.8) is 0 Å². The van der Waals surface area contributed by atoms with E-state index in [2.05, 4.69) is 11.1 Å². The van der Waals surface area contributed by atoms with Crippen LogP contribution in [0.2, 0.25) is 5.02 Å². The van der Waals surface area contributed by atoms with Gasteiger partial charge in [-0.2, -0.15) is 0 Å². The molecule has 2 aromatic rings. The van der Waals surface area contributed by atoms with Crippen molar-refractivity contribution in [2.45, 2.75) is 38.1 Å². The maximum atomic E-state index is 11.4. The van der Waals surface area contributed by atoms with Crippen LogP contribution < -0.4 is 0 Å². The van der Waals surface area contributed by atoms with Gasteiger partial charge in [-0.3, -0.25) is 0 Å². The minimum atomic E-state index is -0.827. The highest BCUT2D eigenvalue weighted by molar-refractivity contribution is 7.18. The topological polar surface area (TPSA) is 53.4 Å². The zero-order chi connectivity index (χ0) is 15.0. The maximum Gasteiger partial charge on any atom is 0.407 e. The highest BCUT2D eigenvalue weighted by atomic mass is 35.5. The van der Waals surface area contributed by atoms with Crippen LogP contribution in [0.1, 0.15) is 37.0 Å². The molecule has 2 unspecified atom stereocenters. The van der Waals surface area contributed by atoms with Gasteiger partial charge in [-0.25, -0.2) is 9.78 Å². The maximum absolute atomic E-state index is 11.4. The quantitative estimate of drug-likeness (QED) is 0.835. The fourth-order valence-electron chi connectivity index (χ4n) is 3.07. The third-order valence-corrected chi connectivity index (χ3v) is 5.76. The van der Waals surface area contributed by atoms with Gasteiger partial charge in [-0.1, -0.05) is 18.0 Å². The molecule has 0 aliphatic carbocycles. The lowest BCUT2D eigenvalue weighted by Crippen LogP contribution is -2.40. The summed E-state index contributed by atoms with van der Waals surface area (Å²) in [5.41, 5.74) is 0. The van der Waals surface area contributed by atoms with Crippen LogP contribution in [-0.4, -0.2) is 33.7 Å². The largest absolute Gasteiger partial charge is 0.465 e. The van der Waals surface area contributed by atoms with Crippen LogP contribution in [0.4, 0.5) is 4.79 Å². The molecule has 3 rings (SSSR count). The summed E-state index contributed by atoms with van der Waals surface area (Å²) in [4.78, 5) is 19.5. The molecule has 0 radical (unpaired) electrons. The Labute approximate surface area is 132 Å². The Hall–Kier alpha value is -1.33. The van der Waals surface area contributed by atoms with Crippen LogP contribution in [0, 0.1) is 0 Å². The average molecular weight is 325 g/mol. The van der Waals surface area contributed by atoms with Gasteiger partial charge >= 0.3 is 6.09 Å². The first kappa shape index (κ1) is 14.6. The fraction of sp³-hybridized carbons (Fsp3) is 0.467. The second-order valence-corrected chi connectivity index (χ2v) is 6.95. The van der Waals surface area contributed by atoms with Gasteiger partial charge in [-0.15, -0.1) is 11.3 Å². The van der Waals surface area contributed by atoms with Crippen LogP contribution in [-0.2, 0) is 0 Å². The number of aromatic nitrogens is 1. The van der Waals surface area contributed by atoms with Gasteiger partial charge in [0.1, 0.15) is 4.83 Å². The van der Waals surface area contributed by atoms with Crippen molar-refractivity contribution >= 4 is 39.2 Å². The molecule has 1 aliphatic heterocycles. The molecule has 3 heterocycles. The predicted molar refractivity (Wildman–Crippen MR) is 85.4 cm³/mol. The number of rotatable bonds is 1. The minimum absolute atomic E-state index is 0.0168. The number of thiophene rings is 1. The van der Waals surface area contributed by atoms with E-state index in [1.807, 2.05) is 6.92 Å². The highest BCUT2D eigenvalue weighted by Gasteiger charge is 2.31. The third-order valence-electron chi connectivity index (χ3n) is 4.25. The van der Waals surface area contributed by atoms with Gasteiger partial charge in [0.15, 0.2) is 0 Å². The van der Waals surface area contributed by atoms with E-state index in [-0.39, 0.29) is 12.0 Å². The van der Waals surface area contributed by atoms with E-state index in [4.69, 9.17) is 11.6 Å². The smallest absolute Gasteiger partial charge is 0.407 e. The number of pyridine rings is 1. The summed E-state index contributed by atoms with van der Waals surface area (Å²) in [6.07, 6.45) is 3.87. The Kier molecular flexibility index (Phi) is 4.04. The van der Waals surface area contributed by atoms with Crippen molar-refractivity contribution in [3.8, 4) is 0 Å². The monoisotopic (exact) mass is 324 g/mol. The van der Waals surface area contributed by atoms with Crippen LogP contribution in [0.3, 0.4) is 0 Å². The number of nitrogens with zero attached hydrogens (tertiary/aromatic N) is 2. The molecule has 0 aromatic carbocycles. The van der Waals surface area contributed by atoms with Crippen LogP contribution >= 0.6 is 22.9 Å². The summed E-state index contributed by atoms with van der Waals surface area (Å²) >= 11 is 7.85. The standard InChI is InChI=1S/C15H17ClN2O2S/c1-9-10(4-2-3-7-18(9)15(19)20)13-8-11-12(16)5-6-17-14(11)21-13/h5-6,8-10H,2-4,7H2,1H3,(H,19,20). The summed E-state index contributed by atoms with van der Waals surface area (Å²) in [6.45, 7) is 2.63. The Bertz CT molecular complexity index is 673. The first-order chi connectivity index (χ1) is 10.1. The lowest BCUT2D eigenvalue weighted by Gasteiger charge is -2.29. The average Bonchev–Trinajstić information content (AvgIpc) is 2.77. The molecule has 0 spiro atoms. The normalized spacial score (nSPS) is 23.2. The molecular weight excluding hydrogens is 308 g/mol. The second-order valence-electron chi connectivity index (χ2n) is 5.48. The number of carbonyl (C=O) groups is 1. The van der Waals surface area contributed by atoms with E-state index in [0.717, 1.165) is 29.5 Å². The zero-order valence-corrected chi connectivity index (χ0v) is 13.3. The lowest BCUT2D eigenvalue weighted by molar-refractivity contribution is 0.125. The van der Waals surface area contributed by atoms with Crippen molar-refractivity contribution in [1.29, 1.82) is 0 Å². The first-order valence-electron chi connectivity index (χ1n) is 7.11. The highest BCUT2D eigenvalue weighted by Crippen LogP contribution is 2.39. The zero-order valence-electron chi connectivity index (χ0n) is 11.8. The summed E-state index contributed by atoms with van der Waals surface area (Å²) in [6, 6.07) is 3.86. The molecular formula is C15H17ClN2O2S. The van der Waals surface area contributed by atoms with Gasteiger partial charge < -0.3 is 10.0 Å². The Morgan fingerprint density at radius 3 is 3.05 bits per heavy atom. The van der Waals surface area contributed by atoms with E-state index >= 15 is 0 Å². The van der Waals surface area contributed by atoms with Crippen LogP contribution in [0.15, 0.2) is 18.3 Å².